The Balaban J connectivity index is 1.59. The van der Waals surface area contributed by atoms with Crippen LogP contribution in [0.5, 0.6) is 11.5 Å². The lowest BCUT2D eigenvalue weighted by molar-refractivity contribution is 0.170. The Kier molecular flexibility index (Phi) is 4.48. The highest BCUT2D eigenvalue weighted by Gasteiger charge is 2.16. The molecule has 2 aliphatic rings. The second-order valence-corrected chi connectivity index (χ2v) is 6.42. The zero-order valence-electron chi connectivity index (χ0n) is 11.2. The van der Waals surface area contributed by atoms with Gasteiger partial charge in [0.15, 0.2) is 11.5 Å². The van der Waals surface area contributed by atoms with Crippen LogP contribution in [0, 0.1) is 3.57 Å². The summed E-state index contributed by atoms with van der Waals surface area (Å²) in [5.74, 6) is 1.85. The molecule has 1 fully saturated rings. The molecule has 1 aromatic rings. The minimum absolute atomic E-state index is 0.664. The summed E-state index contributed by atoms with van der Waals surface area (Å²) in [5.41, 5.74) is 1.37. The fraction of sp³-hybridized carbons (Fsp3) is 0.600. The molecule has 104 valence electrons. The summed E-state index contributed by atoms with van der Waals surface area (Å²) in [6.45, 7) is 5.14. The Morgan fingerprint density at radius 3 is 2.74 bits per heavy atom. The molecule has 0 N–H and O–H groups in total. The quantitative estimate of drug-likeness (QED) is 0.758. The van der Waals surface area contributed by atoms with Gasteiger partial charge in [-0.05, 0) is 85.6 Å². The number of hydrogen-bond acceptors (Lipinski definition) is 3. The van der Waals surface area contributed by atoms with Crippen molar-refractivity contribution in [2.75, 3.05) is 32.8 Å². The zero-order valence-corrected chi connectivity index (χ0v) is 13.3. The third-order valence-corrected chi connectivity index (χ3v) is 4.60. The number of nitrogens with zero attached hydrogens (tertiary/aromatic N) is 1. The molecule has 0 saturated carbocycles. The van der Waals surface area contributed by atoms with Crippen LogP contribution < -0.4 is 9.47 Å². The van der Waals surface area contributed by atoms with Gasteiger partial charge in [-0.25, -0.2) is 0 Å². The average Bonchev–Trinajstić information content (AvgIpc) is 2.92. The van der Waals surface area contributed by atoms with E-state index in [1.807, 2.05) is 0 Å². The molecule has 0 aromatic heterocycles. The summed E-state index contributed by atoms with van der Waals surface area (Å²) in [6, 6.07) is 4.39. The Bertz CT molecular complexity index is 444. The fourth-order valence-electron chi connectivity index (χ4n) is 2.82. The van der Waals surface area contributed by atoms with Gasteiger partial charge in [0.1, 0.15) is 13.2 Å². The second-order valence-electron chi connectivity index (χ2n) is 5.25. The number of aryl methyl sites for hydroxylation is 1. The van der Waals surface area contributed by atoms with Crippen LogP contribution in [-0.2, 0) is 6.42 Å². The number of hydrogen-bond donors (Lipinski definition) is 0. The van der Waals surface area contributed by atoms with Gasteiger partial charge in [-0.1, -0.05) is 0 Å². The number of halogens is 1. The largest absolute Gasteiger partial charge is 0.486 e. The first-order valence-corrected chi connectivity index (χ1v) is 8.21. The summed E-state index contributed by atoms with van der Waals surface area (Å²) in [5, 5.41) is 0. The van der Waals surface area contributed by atoms with Gasteiger partial charge in [-0.2, -0.15) is 0 Å². The molecule has 1 saturated heterocycles. The smallest absolute Gasteiger partial charge is 0.174 e. The van der Waals surface area contributed by atoms with Crippen LogP contribution >= 0.6 is 22.6 Å². The molecular formula is C15H20INO2. The van der Waals surface area contributed by atoms with Gasteiger partial charge >= 0.3 is 0 Å². The van der Waals surface area contributed by atoms with Crippen molar-refractivity contribution in [1.29, 1.82) is 0 Å². The van der Waals surface area contributed by atoms with E-state index in [0.29, 0.717) is 13.2 Å². The Labute approximate surface area is 128 Å². The van der Waals surface area contributed by atoms with Crippen molar-refractivity contribution in [2.45, 2.75) is 25.7 Å². The van der Waals surface area contributed by atoms with Crippen LogP contribution in [-0.4, -0.2) is 37.7 Å². The molecule has 0 unspecified atom stereocenters. The Morgan fingerprint density at radius 2 is 1.89 bits per heavy atom. The topological polar surface area (TPSA) is 21.7 Å². The highest BCUT2D eigenvalue weighted by atomic mass is 127. The molecule has 4 heteroatoms. The normalized spacial score (nSPS) is 18.8. The van der Waals surface area contributed by atoms with E-state index in [0.717, 1.165) is 17.9 Å². The molecule has 0 aliphatic carbocycles. The van der Waals surface area contributed by atoms with Gasteiger partial charge in [0.2, 0.25) is 0 Å². The maximum Gasteiger partial charge on any atom is 0.174 e. The molecule has 3 rings (SSSR count). The van der Waals surface area contributed by atoms with Crippen LogP contribution in [0.2, 0.25) is 0 Å². The molecule has 2 aliphatic heterocycles. The standard InChI is InChI=1S/C15H20INO2/c16-13-10-12(4-3-7-17-5-1-2-6-17)11-14-15(13)19-9-8-18-14/h10-11H,1-9H2. The Hall–Kier alpha value is -0.490. The lowest BCUT2D eigenvalue weighted by Crippen LogP contribution is -2.20. The highest BCUT2D eigenvalue weighted by Crippen LogP contribution is 2.36. The molecule has 19 heavy (non-hydrogen) atoms. The maximum absolute atomic E-state index is 5.68. The molecule has 0 atom stereocenters. The molecule has 0 amide bonds. The summed E-state index contributed by atoms with van der Waals surface area (Å²) < 4.78 is 12.5. The van der Waals surface area contributed by atoms with Gasteiger partial charge < -0.3 is 14.4 Å². The molecule has 0 bridgehead atoms. The number of ether oxygens (including phenoxy) is 2. The molecule has 0 radical (unpaired) electrons. The minimum atomic E-state index is 0.664. The third-order valence-electron chi connectivity index (χ3n) is 3.80. The summed E-state index contributed by atoms with van der Waals surface area (Å²) in [6.07, 6.45) is 5.11. The number of likely N-dealkylation sites (tertiary alicyclic amines) is 1. The predicted octanol–water partition coefficient (Wildman–Crippen LogP) is 3.09. The first-order valence-electron chi connectivity index (χ1n) is 7.13. The van der Waals surface area contributed by atoms with Crippen molar-refractivity contribution in [3.63, 3.8) is 0 Å². The van der Waals surface area contributed by atoms with Crippen molar-refractivity contribution in [3.05, 3.63) is 21.3 Å². The first-order chi connectivity index (χ1) is 9.33. The number of rotatable bonds is 4. The van der Waals surface area contributed by atoms with E-state index in [2.05, 4.69) is 39.6 Å². The van der Waals surface area contributed by atoms with E-state index in [4.69, 9.17) is 9.47 Å². The predicted molar refractivity (Wildman–Crippen MR) is 84.1 cm³/mol. The van der Waals surface area contributed by atoms with Gasteiger partial charge in [0.25, 0.3) is 0 Å². The van der Waals surface area contributed by atoms with E-state index >= 15 is 0 Å². The first kappa shape index (κ1) is 13.5. The van der Waals surface area contributed by atoms with E-state index in [-0.39, 0.29) is 0 Å². The zero-order chi connectivity index (χ0) is 13.1. The lowest BCUT2D eigenvalue weighted by atomic mass is 10.1. The van der Waals surface area contributed by atoms with Crippen molar-refractivity contribution in [2.24, 2.45) is 0 Å². The molecule has 3 nitrogen and oxygen atoms in total. The van der Waals surface area contributed by atoms with E-state index in [9.17, 15) is 0 Å². The van der Waals surface area contributed by atoms with Crippen LogP contribution in [0.15, 0.2) is 12.1 Å². The summed E-state index contributed by atoms with van der Waals surface area (Å²) in [7, 11) is 0. The van der Waals surface area contributed by atoms with E-state index in [1.165, 1.54) is 48.0 Å². The van der Waals surface area contributed by atoms with Crippen molar-refractivity contribution < 1.29 is 9.47 Å². The van der Waals surface area contributed by atoms with Crippen LogP contribution in [0.4, 0.5) is 0 Å². The van der Waals surface area contributed by atoms with Crippen LogP contribution in [0.25, 0.3) is 0 Å². The number of benzene rings is 1. The maximum atomic E-state index is 5.68. The van der Waals surface area contributed by atoms with Crippen molar-refractivity contribution in [1.82, 2.24) is 4.90 Å². The van der Waals surface area contributed by atoms with Crippen LogP contribution in [0.1, 0.15) is 24.8 Å². The summed E-state index contributed by atoms with van der Waals surface area (Å²) in [4.78, 5) is 2.57. The Morgan fingerprint density at radius 1 is 1.11 bits per heavy atom. The third kappa shape index (κ3) is 3.34. The SMILES string of the molecule is Ic1cc(CCCN2CCCC2)cc2c1OCCO2. The molecule has 1 aromatic carbocycles. The van der Waals surface area contributed by atoms with Gasteiger partial charge in [0, 0.05) is 0 Å². The number of fused-ring (bicyclic) bond motifs is 1. The van der Waals surface area contributed by atoms with Crippen molar-refractivity contribution >= 4 is 22.6 Å². The van der Waals surface area contributed by atoms with Crippen molar-refractivity contribution in [3.8, 4) is 11.5 Å². The monoisotopic (exact) mass is 373 g/mol. The molecule has 0 spiro atoms. The minimum Gasteiger partial charge on any atom is -0.486 e. The van der Waals surface area contributed by atoms with Gasteiger partial charge in [-0.15, -0.1) is 0 Å². The highest BCUT2D eigenvalue weighted by molar-refractivity contribution is 14.1. The van der Waals surface area contributed by atoms with Gasteiger partial charge in [0.05, 0.1) is 3.57 Å². The molecule has 2 heterocycles. The van der Waals surface area contributed by atoms with E-state index < -0.39 is 0 Å². The second kappa shape index (κ2) is 6.31. The fourth-order valence-corrected chi connectivity index (χ4v) is 3.64. The lowest BCUT2D eigenvalue weighted by Gasteiger charge is -2.21. The average molecular weight is 373 g/mol. The van der Waals surface area contributed by atoms with E-state index in [1.54, 1.807) is 0 Å². The van der Waals surface area contributed by atoms with Gasteiger partial charge in [-0.3, -0.25) is 0 Å². The summed E-state index contributed by atoms with van der Waals surface area (Å²) >= 11 is 2.34. The molecular weight excluding hydrogens is 353 g/mol. The van der Waals surface area contributed by atoms with Crippen LogP contribution in [0.3, 0.4) is 0 Å².